The lowest BCUT2D eigenvalue weighted by molar-refractivity contribution is -0.135. The van der Waals surface area contributed by atoms with Crippen molar-refractivity contribution < 1.29 is 19.4 Å². The molecule has 1 aromatic heterocycles. The fourth-order valence-electron chi connectivity index (χ4n) is 1.86. The molecule has 1 aromatic rings. The maximum absolute atomic E-state index is 11.7. The van der Waals surface area contributed by atoms with Crippen LogP contribution in [0.5, 0.6) is 0 Å². The first-order chi connectivity index (χ1) is 9.16. The molecule has 2 heterocycles. The highest BCUT2D eigenvalue weighted by atomic mass is 16.5. The number of rotatable bonds is 5. The van der Waals surface area contributed by atoms with Gasteiger partial charge in [0.1, 0.15) is 6.10 Å². The topological polar surface area (TPSA) is 106 Å². The van der Waals surface area contributed by atoms with E-state index in [4.69, 9.17) is 9.84 Å². The predicted octanol–water partition coefficient (Wildman–Crippen LogP) is -0.338. The quantitative estimate of drug-likeness (QED) is 0.756. The van der Waals surface area contributed by atoms with E-state index in [-0.39, 0.29) is 17.7 Å². The minimum absolute atomic E-state index is 0.109. The summed E-state index contributed by atoms with van der Waals surface area (Å²) in [6.45, 7) is 1.36. The zero-order chi connectivity index (χ0) is 13.7. The standard InChI is InChI=1S/C11H16N4O4/c16-10(9-3-1-2-6-19-9)12-4-5-15-7-8(11(17)18)13-14-15/h7,9H,1-6H2,(H,12,16)(H,17,18). The summed E-state index contributed by atoms with van der Waals surface area (Å²) in [5.41, 5.74) is -0.109. The van der Waals surface area contributed by atoms with E-state index in [9.17, 15) is 9.59 Å². The molecule has 0 saturated carbocycles. The molecule has 0 aliphatic carbocycles. The lowest BCUT2D eigenvalue weighted by Gasteiger charge is -2.21. The van der Waals surface area contributed by atoms with Gasteiger partial charge >= 0.3 is 5.97 Å². The van der Waals surface area contributed by atoms with Crippen LogP contribution in [0, 0.1) is 0 Å². The average molecular weight is 268 g/mol. The van der Waals surface area contributed by atoms with E-state index in [0.717, 1.165) is 19.3 Å². The van der Waals surface area contributed by atoms with Gasteiger partial charge in [-0.15, -0.1) is 5.10 Å². The molecule has 1 unspecified atom stereocenters. The Balaban J connectivity index is 1.73. The Bertz CT molecular complexity index is 453. The second kappa shape index (κ2) is 6.28. The van der Waals surface area contributed by atoms with Crippen molar-refractivity contribution in [1.82, 2.24) is 20.3 Å². The summed E-state index contributed by atoms with van der Waals surface area (Å²) in [6.07, 6.45) is 3.72. The van der Waals surface area contributed by atoms with Crippen molar-refractivity contribution >= 4 is 11.9 Å². The van der Waals surface area contributed by atoms with E-state index in [1.165, 1.54) is 10.9 Å². The van der Waals surface area contributed by atoms with Gasteiger partial charge in [0.25, 0.3) is 0 Å². The lowest BCUT2D eigenvalue weighted by atomic mass is 10.1. The van der Waals surface area contributed by atoms with Gasteiger partial charge in [-0.05, 0) is 19.3 Å². The molecule has 8 nitrogen and oxygen atoms in total. The average Bonchev–Trinajstić information content (AvgIpc) is 2.89. The molecule has 0 radical (unpaired) electrons. The van der Waals surface area contributed by atoms with Gasteiger partial charge in [0.2, 0.25) is 5.91 Å². The number of carboxylic acids is 1. The van der Waals surface area contributed by atoms with Crippen molar-refractivity contribution in [3.63, 3.8) is 0 Å². The van der Waals surface area contributed by atoms with E-state index in [1.807, 2.05) is 0 Å². The van der Waals surface area contributed by atoms with Gasteiger partial charge in [0.05, 0.1) is 12.7 Å². The molecule has 19 heavy (non-hydrogen) atoms. The number of aromatic nitrogens is 3. The van der Waals surface area contributed by atoms with Crippen LogP contribution >= 0.6 is 0 Å². The van der Waals surface area contributed by atoms with Crippen LogP contribution in [0.3, 0.4) is 0 Å². The summed E-state index contributed by atoms with van der Waals surface area (Å²) in [7, 11) is 0. The number of carbonyl (C=O) groups is 2. The minimum Gasteiger partial charge on any atom is -0.476 e. The zero-order valence-electron chi connectivity index (χ0n) is 10.4. The van der Waals surface area contributed by atoms with E-state index in [1.54, 1.807) is 0 Å². The third-order valence-electron chi connectivity index (χ3n) is 2.87. The van der Waals surface area contributed by atoms with Crippen molar-refractivity contribution in [3.05, 3.63) is 11.9 Å². The Morgan fingerprint density at radius 3 is 3.00 bits per heavy atom. The van der Waals surface area contributed by atoms with Crippen LogP contribution in [0.4, 0.5) is 0 Å². The molecule has 0 bridgehead atoms. The van der Waals surface area contributed by atoms with Crippen LogP contribution in [-0.4, -0.2) is 51.2 Å². The van der Waals surface area contributed by atoms with Crippen molar-refractivity contribution in [2.75, 3.05) is 13.2 Å². The van der Waals surface area contributed by atoms with Crippen LogP contribution in [-0.2, 0) is 16.1 Å². The monoisotopic (exact) mass is 268 g/mol. The molecular weight excluding hydrogens is 252 g/mol. The van der Waals surface area contributed by atoms with Crippen molar-refractivity contribution in [3.8, 4) is 0 Å². The molecule has 104 valence electrons. The molecule has 0 spiro atoms. The largest absolute Gasteiger partial charge is 0.476 e. The van der Waals surface area contributed by atoms with Gasteiger partial charge in [0, 0.05) is 13.2 Å². The van der Waals surface area contributed by atoms with Gasteiger partial charge in [-0.2, -0.15) is 0 Å². The normalized spacial score (nSPS) is 19.1. The number of hydrogen-bond acceptors (Lipinski definition) is 5. The predicted molar refractivity (Wildman–Crippen MR) is 63.6 cm³/mol. The van der Waals surface area contributed by atoms with Gasteiger partial charge < -0.3 is 15.2 Å². The van der Waals surface area contributed by atoms with E-state index in [2.05, 4.69) is 15.6 Å². The van der Waals surface area contributed by atoms with Gasteiger partial charge in [-0.1, -0.05) is 5.21 Å². The van der Waals surface area contributed by atoms with Crippen LogP contribution in [0.15, 0.2) is 6.20 Å². The van der Waals surface area contributed by atoms with Crippen molar-refractivity contribution in [2.24, 2.45) is 0 Å². The van der Waals surface area contributed by atoms with E-state index >= 15 is 0 Å². The maximum atomic E-state index is 11.7. The molecule has 1 atom stereocenters. The second-order valence-corrected chi connectivity index (χ2v) is 4.32. The highest BCUT2D eigenvalue weighted by molar-refractivity contribution is 5.84. The zero-order valence-corrected chi connectivity index (χ0v) is 10.4. The first-order valence-electron chi connectivity index (χ1n) is 6.19. The first kappa shape index (κ1) is 13.5. The van der Waals surface area contributed by atoms with Crippen LogP contribution < -0.4 is 5.32 Å². The molecule has 2 N–H and O–H groups in total. The van der Waals surface area contributed by atoms with Gasteiger partial charge in [0.15, 0.2) is 5.69 Å². The molecule has 1 saturated heterocycles. The number of amides is 1. The van der Waals surface area contributed by atoms with Crippen molar-refractivity contribution in [1.29, 1.82) is 0 Å². The van der Waals surface area contributed by atoms with Gasteiger partial charge in [-0.25, -0.2) is 9.48 Å². The van der Waals surface area contributed by atoms with Crippen molar-refractivity contribution in [2.45, 2.75) is 31.9 Å². The molecule has 1 fully saturated rings. The Kier molecular flexibility index (Phi) is 4.45. The van der Waals surface area contributed by atoms with Crippen LogP contribution in [0.2, 0.25) is 0 Å². The number of aromatic carboxylic acids is 1. The lowest BCUT2D eigenvalue weighted by Crippen LogP contribution is -2.39. The van der Waals surface area contributed by atoms with Crippen LogP contribution in [0.25, 0.3) is 0 Å². The highest BCUT2D eigenvalue weighted by Crippen LogP contribution is 2.12. The summed E-state index contributed by atoms with van der Waals surface area (Å²) in [5.74, 6) is -1.25. The Morgan fingerprint density at radius 1 is 1.53 bits per heavy atom. The molecule has 8 heteroatoms. The fraction of sp³-hybridized carbons (Fsp3) is 0.636. The third kappa shape index (κ3) is 3.75. The number of carboxylic acid groups (broad SMARTS) is 1. The number of ether oxygens (including phenoxy) is 1. The molecule has 1 aliphatic rings. The second-order valence-electron chi connectivity index (χ2n) is 4.32. The summed E-state index contributed by atoms with van der Waals surface area (Å²) in [6, 6.07) is 0. The highest BCUT2D eigenvalue weighted by Gasteiger charge is 2.21. The molecule has 0 aromatic carbocycles. The molecule has 1 amide bonds. The Morgan fingerprint density at radius 2 is 2.37 bits per heavy atom. The Hall–Kier alpha value is -1.96. The van der Waals surface area contributed by atoms with E-state index < -0.39 is 5.97 Å². The third-order valence-corrected chi connectivity index (χ3v) is 2.87. The minimum atomic E-state index is -1.12. The Labute approximate surface area is 109 Å². The summed E-state index contributed by atoms with van der Waals surface area (Å²) in [5, 5.41) is 18.5. The summed E-state index contributed by atoms with van der Waals surface area (Å²) >= 11 is 0. The fourth-order valence-corrected chi connectivity index (χ4v) is 1.86. The summed E-state index contributed by atoms with van der Waals surface area (Å²) < 4.78 is 6.73. The SMILES string of the molecule is O=C(O)c1cn(CCNC(=O)C2CCCCO2)nn1. The number of nitrogens with zero attached hydrogens (tertiary/aromatic N) is 3. The smallest absolute Gasteiger partial charge is 0.358 e. The first-order valence-corrected chi connectivity index (χ1v) is 6.19. The maximum Gasteiger partial charge on any atom is 0.358 e. The molecule has 2 rings (SSSR count). The number of nitrogens with one attached hydrogen (secondary N) is 1. The summed E-state index contributed by atoms with van der Waals surface area (Å²) in [4.78, 5) is 22.3. The van der Waals surface area contributed by atoms with E-state index in [0.29, 0.717) is 19.7 Å². The van der Waals surface area contributed by atoms with Gasteiger partial charge in [-0.3, -0.25) is 4.79 Å². The number of hydrogen-bond donors (Lipinski definition) is 2. The molecule has 1 aliphatic heterocycles. The van der Waals surface area contributed by atoms with Crippen LogP contribution in [0.1, 0.15) is 29.8 Å². The number of carbonyl (C=O) groups excluding carboxylic acids is 1. The molecular formula is C11H16N4O4.